The summed E-state index contributed by atoms with van der Waals surface area (Å²) in [6.07, 6.45) is 6.95. The molecule has 1 aromatic heterocycles. The average molecular weight is 590 g/mol. The van der Waals surface area contributed by atoms with Gasteiger partial charge in [-0.05, 0) is 103 Å². The third-order valence-electron chi connectivity index (χ3n) is 6.91. The van der Waals surface area contributed by atoms with Crippen LogP contribution in [0, 0.1) is 6.92 Å². The monoisotopic (exact) mass is 589 g/mol. The number of nitrogens with two attached hydrogens (primary N) is 1. The van der Waals surface area contributed by atoms with Gasteiger partial charge < -0.3 is 26.4 Å². The largest absolute Gasteiger partial charge is 0.489 e. The molecule has 0 amide bonds. The van der Waals surface area contributed by atoms with E-state index in [0.717, 1.165) is 50.0 Å². The van der Waals surface area contributed by atoms with Crippen LogP contribution in [0.5, 0.6) is 5.75 Å². The lowest BCUT2D eigenvalue weighted by Crippen LogP contribution is -2.27. The molecule has 1 aromatic carbocycles. The van der Waals surface area contributed by atoms with Crippen molar-refractivity contribution in [2.75, 3.05) is 23.7 Å². The first-order valence-corrected chi connectivity index (χ1v) is 15.7. The number of hydrogen-bond donors (Lipinski definition) is 4. The molecule has 1 saturated carbocycles. The summed E-state index contributed by atoms with van der Waals surface area (Å²) in [4.78, 5) is 13.3. The predicted molar refractivity (Wildman–Crippen MR) is 163 cm³/mol. The van der Waals surface area contributed by atoms with Crippen LogP contribution in [-0.2, 0) is 9.84 Å². The van der Waals surface area contributed by atoms with Crippen molar-refractivity contribution in [3.8, 4) is 5.75 Å². The second-order valence-corrected chi connectivity index (χ2v) is 13.8. The molecular weight excluding hydrogens is 550 g/mol. The lowest BCUT2D eigenvalue weighted by molar-refractivity contribution is 0.243. The van der Waals surface area contributed by atoms with Gasteiger partial charge >= 0.3 is 0 Å². The van der Waals surface area contributed by atoms with Crippen molar-refractivity contribution in [3.05, 3.63) is 45.2 Å². The summed E-state index contributed by atoms with van der Waals surface area (Å²) in [6.45, 7) is 11.2. The van der Waals surface area contributed by atoms with Crippen LogP contribution in [0.15, 0.2) is 34.0 Å². The highest BCUT2D eigenvalue weighted by Crippen LogP contribution is 2.37. The normalized spacial score (nSPS) is 17.4. The van der Waals surface area contributed by atoms with Crippen LogP contribution in [0.3, 0.4) is 0 Å². The molecular formula is C28H40ClN7O3S. The topological polar surface area (TPSA) is 144 Å². The Morgan fingerprint density at radius 2 is 1.90 bits per heavy atom. The predicted octanol–water partition coefficient (Wildman–Crippen LogP) is 5.03. The number of nitrogens with one attached hydrogen (secondary N) is 3. The van der Waals surface area contributed by atoms with Crippen LogP contribution in [0.4, 0.5) is 17.5 Å². The molecule has 0 atom stereocenters. The summed E-state index contributed by atoms with van der Waals surface area (Å²) >= 11 is 6.43. The fraction of sp³-hybridized carbons (Fsp3) is 0.536. The van der Waals surface area contributed by atoms with Crippen molar-refractivity contribution in [2.24, 2.45) is 10.7 Å². The minimum atomic E-state index is -3.75. The Morgan fingerprint density at radius 1 is 1.20 bits per heavy atom. The maximum Gasteiger partial charge on any atom is 0.229 e. The number of anilines is 3. The highest BCUT2D eigenvalue weighted by Gasteiger charge is 2.25. The first-order chi connectivity index (χ1) is 19.0. The Labute approximate surface area is 242 Å². The highest BCUT2D eigenvalue weighted by molar-refractivity contribution is 7.95. The summed E-state index contributed by atoms with van der Waals surface area (Å²) in [5.74, 6) is 1.65. The number of aliphatic imine (C=N–C) groups is 1. The molecule has 10 nitrogen and oxygen atoms in total. The van der Waals surface area contributed by atoms with Crippen LogP contribution in [0.1, 0.15) is 70.4 Å². The molecule has 0 bridgehead atoms. The SMILES string of the molecule is Cc1cc(Nc2ncc(Cl)c(NC(C=NC3CC3)=C(N)S(=O)(=O)C(C)C)n2)c(OC(C)C)cc1C1CCNCC1. The van der Waals surface area contributed by atoms with Crippen molar-refractivity contribution in [3.63, 3.8) is 0 Å². The Bertz CT molecular complexity index is 1380. The summed E-state index contributed by atoms with van der Waals surface area (Å²) in [7, 11) is -3.75. The number of rotatable bonds is 11. The lowest BCUT2D eigenvalue weighted by Gasteiger charge is -2.26. The molecule has 2 fully saturated rings. The van der Waals surface area contributed by atoms with Gasteiger partial charge in [-0.3, -0.25) is 4.99 Å². The molecule has 0 unspecified atom stereocenters. The molecule has 1 saturated heterocycles. The average Bonchev–Trinajstić information content (AvgIpc) is 3.74. The van der Waals surface area contributed by atoms with E-state index in [9.17, 15) is 8.42 Å². The third kappa shape index (κ3) is 7.44. The molecule has 2 heterocycles. The lowest BCUT2D eigenvalue weighted by atomic mass is 9.87. The summed E-state index contributed by atoms with van der Waals surface area (Å²) in [5, 5.41) is 8.88. The zero-order chi connectivity index (χ0) is 29.0. The van der Waals surface area contributed by atoms with Crippen molar-refractivity contribution >= 4 is 45.1 Å². The van der Waals surface area contributed by atoms with Gasteiger partial charge in [-0.25, -0.2) is 13.4 Å². The number of nitrogens with zero attached hydrogens (tertiary/aromatic N) is 3. The number of hydrogen-bond acceptors (Lipinski definition) is 10. The number of piperidine rings is 1. The molecule has 12 heteroatoms. The standard InChI is InChI=1S/C28H40ClN7O3S/c1-16(2)39-25-13-21(19-8-10-31-11-9-19)18(5)12-23(25)35-28-33-14-22(29)27(36-28)34-24(15-32-20-6-7-20)26(30)40(37,38)17(3)4/h12-17,19-20,31H,6-11,30H2,1-5H3,(H2,33,34,35,36). The molecule has 4 rings (SSSR count). The van der Waals surface area contributed by atoms with Gasteiger partial charge in [-0.2, -0.15) is 4.98 Å². The molecule has 0 spiro atoms. The van der Waals surface area contributed by atoms with Crippen molar-refractivity contribution in [1.82, 2.24) is 15.3 Å². The van der Waals surface area contributed by atoms with Crippen LogP contribution >= 0.6 is 11.6 Å². The van der Waals surface area contributed by atoms with Gasteiger partial charge in [0.05, 0.1) is 35.0 Å². The van der Waals surface area contributed by atoms with E-state index in [4.69, 9.17) is 22.1 Å². The molecule has 2 aromatic rings. The van der Waals surface area contributed by atoms with Crippen molar-refractivity contribution in [2.45, 2.75) is 83.6 Å². The molecule has 0 radical (unpaired) electrons. The van der Waals surface area contributed by atoms with Crippen LogP contribution < -0.4 is 26.4 Å². The summed E-state index contributed by atoms with van der Waals surface area (Å²) in [6, 6.07) is 4.34. The molecule has 218 valence electrons. The molecule has 1 aliphatic heterocycles. The Kier molecular flexibility index (Phi) is 9.58. The second-order valence-electron chi connectivity index (χ2n) is 10.9. The molecule has 1 aliphatic carbocycles. The van der Waals surface area contributed by atoms with Crippen molar-refractivity contribution < 1.29 is 13.2 Å². The van der Waals surface area contributed by atoms with Crippen LogP contribution in [0.25, 0.3) is 0 Å². The molecule has 40 heavy (non-hydrogen) atoms. The van der Waals surface area contributed by atoms with Gasteiger partial charge in [0.15, 0.2) is 20.7 Å². The van der Waals surface area contributed by atoms with E-state index in [2.05, 4.69) is 50.0 Å². The first-order valence-electron chi connectivity index (χ1n) is 13.8. The minimum Gasteiger partial charge on any atom is -0.489 e. The van der Waals surface area contributed by atoms with Gasteiger partial charge in [0.1, 0.15) is 10.8 Å². The number of ether oxygens (including phenoxy) is 1. The van der Waals surface area contributed by atoms with E-state index < -0.39 is 15.1 Å². The molecule has 5 N–H and O–H groups in total. The Hall–Kier alpha value is -2.89. The number of halogens is 1. The first kappa shape index (κ1) is 30.1. The van der Waals surface area contributed by atoms with E-state index in [-0.39, 0.29) is 39.7 Å². The van der Waals surface area contributed by atoms with Gasteiger partial charge in [0.25, 0.3) is 0 Å². The fourth-order valence-corrected chi connectivity index (χ4v) is 5.51. The number of sulfone groups is 1. The number of aryl methyl sites for hydroxylation is 1. The summed E-state index contributed by atoms with van der Waals surface area (Å²) in [5.41, 5.74) is 9.43. The van der Waals surface area contributed by atoms with Gasteiger partial charge in [0.2, 0.25) is 5.95 Å². The zero-order valence-electron chi connectivity index (χ0n) is 23.8. The van der Waals surface area contributed by atoms with E-state index in [0.29, 0.717) is 11.7 Å². The number of aromatic nitrogens is 2. The third-order valence-corrected chi connectivity index (χ3v) is 9.26. The minimum absolute atomic E-state index is 0.0307. The van der Waals surface area contributed by atoms with E-state index in [1.807, 2.05) is 13.8 Å². The van der Waals surface area contributed by atoms with Gasteiger partial charge in [0, 0.05) is 6.21 Å². The van der Waals surface area contributed by atoms with Gasteiger partial charge in [-0.1, -0.05) is 11.6 Å². The highest BCUT2D eigenvalue weighted by atomic mass is 35.5. The van der Waals surface area contributed by atoms with E-state index in [1.54, 1.807) is 13.8 Å². The smallest absolute Gasteiger partial charge is 0.229 e. The maximum absolute atomic E-state index is 12.8. The Balaban J connectivity index is 1.66. The maximum atomic E-state index is 12.8. The summed E-state index contributed by atoms with van der Waals surface area (Å²) < 4.78 is 31.9. The number of allylic oxidation sites excluding steroid dienone is 1. The quantitative estimate of drug-likeness (QED) is 0.265. The fourth-order valence-electron chi connectivity index (χ4n) is 4.46. The zero-order valence-corrected chi connectivity index (χ0v) is 25.4. The number of benzene rings is 1. The van der Waals surface area contributed by atoms with Crippen LogP contribution in [-0.4, -0.2) is 55.1 Å². The Morgan fingerprint density at radius 3 is 2.52 bits per heavy atom. The van der Waals surface area contributed by atoms with E-state index in [1.165, 1.54) is 18.0 Å². The van der Waals surface area contributed by atoms with E-state index >= 15 is 0 Å². The molecule has 2 aliphatic rings. The van der Waals surface area contributed by atoms with Crippen molar-refractivity contribution in [1.29, 1.82) is 0 Å². The van der Waals surface area contributed by atoms with Gasteiger partial charge in [-0.15, -0.1) is 0 Å². The van der Waals surface area contributed by atoms with Crippen LogP contribution in [0.2, 0.25) is 5.02 Å². The second kappa shape index (κ2) is 12.7.